The van der Waals surface area contributed by atoms with E-state index in [1.165, 1.54) is 24.2 Å². The molecule has 6 rings (SSSR count). The molecule has 0 saturated heterocycles. The number of aromatic nitrogens is 6. The number of nitrogens with one attached hydrogen (secondary N) is 3. The van der Waals surface area contributed by atoms with Crippen molar-refractivity contribution in [3.63, 3.8) is 0 Å². The summed E-state index contributed by atoms with van der Waals surface area (Å²) in [6.45, 7) is 0.945. The van der Waals surface area contributed by atoms with Crippen LogP contribution in [-0.4, -0.2) is 60.1 Å². The van der Waals surface area contributed by atoms with E-state index >= 15 is 0 Å². The van der Waals surface area contributed by atoms with Crippen molar-refractivity contribution in [2.24, 2.45) is 0 Å². The molecule has 2 aromatic heterocycles. The van der Waals surface area contributed by atoms with Crippen molar-refractivity contribution in [2.45, 2.75) is 25.6 Å². The first-order chi connectivity index (χ1) is 22.8. The van der Waals surface area contributed by atoms with E-state index in [1.807, 2.05) is 24.3 Å². The molecule has 0 saturated carbocycles. The van der Waals surface area contributed by atoms with Crippen LogP contribution in [0.5, 0.6) is 0 Å². The summed E-state index contributed by atoms with van der Waals surface area (Å²) in [7, 11) is 1.28. The van der Waals surface area contributed by atoms with Gasteiger partial charge in [-0.25, -0.2) is 9.78 Å². The van der Waals surface area contributed by atoms with Crippen LogP contribution in [0.25, 0.3) is 23.0 Å². The Hall–Kier alpha value is -5.53. The number of benzene rings is 3. The maximum atomic E-state index is 13.6. The van der Waals surface area contributed by atoms with Crippen molar-refractivity contribution in [1.29, 1.82) is 0 Å². The third kappa shape index (κ3) is 7.32. The molecule has 1 aliphatic rings. The van der Waals surface area contributed by atoms with Gasteiger partial charge in [0.1, 0.15) is 23.0 Å². The number of carbonyl (C=O) groups is 3. The molecular weight excluding hydrogens is 645 g/mol. The third-order valence-electron chi connectivity index (χ3n) is 7.49. The number of halogens is 2. The zero-order chi connectivity index (χ0) is 32.9. The Morgan fingerprint density at radius 1 is 1.04 bits per heavy atom. The van der Waals surface area contributed by atoms with Gasteiger partial charge in [-0.05, 0) is 58.0 Å². The van der Waals surface area contributed by atoms with Crippen molar-refractivity contribution in [1.82, 2.24) is 40.4 Å². The zero-order valence-corrected chi connectivity index (χ0v) is 26.4. The minimum Gasteiger partial charge on any atom is -0.453 e. The van der Waals surface area contributed by atoms with Crippen LogP contribution in [-0.2, 0) is 27.4 Å². The number of hydrogen-bond donors (Lipinski definition) is 3. The van der Waals surface area contributed by atoms with Crippen LogP contribution in [0.4, 0.5) is 10.5 Å². The predicted octanol–water partition coefficient (Wildman–Crippen LogP) is 5.34. The lowest BCUT2D eigenvalue weighted by Gasteiger charge is -2.20. The van der Waals surface area contributed by atoms with Gasteiger partial charge in [-0.15, -0.1) is 5.10 Å². The van der Waals surface area contributed by atoms with Crippen LogP contribution < -0.4 is 10.6 Å². The SMILES string of the molecule is COC(=O)Nc1ccc(-c2nc([C@H](CC(=O)N3Cc4ccccc4C3)NC(=O)C=Cc3cc(Cl)ccc3-n3cnnn3)[nH]c2Cl)cc1. The standard InChI is InChI=1S/C32H27Cl2N9O4/c1-47-32(46)36-24-10-6-19(7-11-24)29-30(34)39-31(38-29)25(15-28(45)42-16-21-4-2-3-5-22(21)17-42)37-27(44)13-8-20-14-23(33)9-12-26(20)43-18-35-40-41-43/h2-14,18,25H,15-17H2,1H3,(H,36,46)(H,37,44)(H,38,39)/t25-/m0/s1. The molecule has 5 aromatic rings. The lowest BCUT2D eigenvalue weighted by molar-refractivity contribution is -0.132. The van der Waals surface area contributed by atoms with E-state index in [9.17, 15) is 14.4 Å². The summed E-state index contributed by atoms with van der Waals surface area (Å²) >= 11 is 12.8. The van der Waals surface area contributed by atoms with Crippen molar-refractivity contribution in [3.8, 4) is 16.9 Å². The van der Waals surface area contributed by atoms with Crippen LogP contribution in [0, 0.1) is 0 Å². The van der Waals surface area contributed by atoms with Crippen LogP contribution in [0.15, 0.2) is 79.1 Å². The van der Waals surface area contributed by atoms with Gasteiger partial charge in [0, 0.05) is 41.0 Å². The number of fused-ring (bicyclic) bond motifs is 1. The number of hydrogen-bond acceptors (Lipinski definition) is 8. The molecule has 0 spiro atoms. The molecule has 0 unspecified atom stereocenters. The molecule has 1 aliphatic heterocycles. The number of imidazole rings is 1. The van der Waals surface area contributed by atoms with Crippen molar-refractivity contribution >= 4 is 52.9 Å². The molecule has 238 valence electrons. The fourth-order valence-corrected chi connectivity index (χ4v) is 5.59. The summed E-state index contributed by atoms with van der Waals surface area (Å²) in [6.07, 6.45) is 3.67. The number of anilines is 1. The Labute approximate surface area is 278 Å². The van der Waals surface area contributed by atoms with Gasteiger partial charge >= 0.3 is 6.09 Å². The van der Waals surface area contributed by atoms with E-state index in [2.05, 4.69) is 40.9 Å². The number of amides is 3. The number of ether oxygens (including phenoxy) is 1. The van der Waals surface area contributed by atoms with E-state index in [4.69, 9.17) is 23.2 Å². The maximum absolute atomic E-state index is 13.6. The highest BCUT2D eigenvalue weighted by Crippen LogP contribution is 2.31. The highest BCUT2D eigenvalue weighted by molar-refractivity contribution is 6.32. The highest BCUT2D eigenvalue weighted by Gasteiger charge is 2.28. The first-order valence-corrected chi connectivity index (χ1v) is 15.1. The average Bonchev–Trinajstić information content (AvgIpc) is 3.84. The number of nitrogens with zero attached hydrogens (tertiary/aromatic N) is 6. The van der Waals surface area contributed by atoms with Crippen LogP contribution in [0.2, 0.25) is 10.2 Å². The summed E-state index contributed by atoms with van der Waals surface area (Å²) in [5, 5.41) is 17.4. The van der Waals surface area contributed by atoms with Crippen LogP contribution >= 0.6 is 23.2 Å². The molecule has 15 heteroatoms. The smallest absolute Gasteiger partial charge is 0.411 e. The highest BCUT2D eigenvalue weighted by atomic mass is 35.5. The van der Waals surface area contributed by atoms with Crippen LogP contribution in [0.1, 0.15) is 35.0 Å². The summed E-state index contributed by atoms with van der Waals surface area (Å²) in [6, 6.07) is 18.9. The van der Waals surface area contributed by atoms with Crippen LogP contribution in [0.3, 0.4) is 0 Å². The Bertz CT molecular complexity index is 1930. The quantitative estimate of drug-likeness (QED) is 0.177. The number of H-pyrrole nitrogens is 1. The minimum atomic E-state index is -0.853. The molecular formula is C32H27Cl2N9O4. The first-order valence-electron chi connectivity index (χ1n) is 14.3. The molecule has 0 aliphatic carbocycles. The number of aromatic amines is 1. The van der Waals surface area contributed by atoms with E-state index in [-0.39, 0.29) is 17.5 Å². The van der Waals surface area contributed by atoms with E-state index in [0.717, 1.165) is 11.1 Å². The first kappa shape index (κ1) is 31.5. The van der Waals surface area contributed by atoms with Gasteiger partial charge in [0.15, 0.2) is 0 Å². The second kappa shape index (κ2) is 13.8. The zero-order valence-electron chi connectivity index (χ0n) is 24.9. The fourth-order valence-electron chi connectivity index (χ4n) is 5.16. The van der Waals surface area contributed by atoms with Crippen molar-refractivity contribution < 1.29 is 19.1 Å². The summed E-state index contributed by atoms with van der Waals surface area (Å²) in [5.41, 5.74) is 4.94. The van der Waals surface area contributed by atoms with Gasteiger partial charge in [0.2, 0.25) is 11.8 Å². The Morgan fingerprint density at radius 3 is 2.47 bits per heavy atom. The summed E-state index contributed by atoms with van der Waals surface area (Å²) < 4.78 is 6.09. The molecule has 47 heavy (non-hydrogen) atoms. The predicted molar refractivity (Wildman–Crippen MR) is 174 cm³/mol. The molecule has 0 bridgehead atoms. The van der Waals surface area contributed by atoms with Gasteiger partial charge in [0.25, 0.3) is 0 Å². The lowest BCUT2D eigenvalue weighted by atomic mass is 10.1. The molecule has 3 amide bonds. The van der Waals surface area contributed by atoms with E-state index in [1.54, 1.807) is 53.4 Å². The summed E-state index contributed by atoms with van der Waals surface area (Å²) in [4.78, 5) is 48.0. The van der Waals surface area contributed by atoms with Gasteiger partial charge in [-0.2, -0.15) is 4.68 Å². The topological polar surface area (TPSA) is 160 Å². The molecule has 3 N–H and O–H groups in total. The Morgan fingerprint density at radius 2 is 1.79 bits per heavy atom. The largest absolute Gasteiger partial charge is 0.453 e. The van der Waals surface area contributed by atoms with Gasteiger partial charge in [-0.1, -0.05) is 59.6 Å². The average molecular weight is 673 g/mol. The molecule has 13 nitrogen and oxygen atoms in total. The maximum Gasteiger partial charge on any atom is 0.411 e. The number of rotatable bonds is 9. The number of methoxy groups -OCH3 is 1. The van der Waals surface area contributed by atoms with Crippen molar-refractivity contribution in [3.05, 3.63) is 112 Å². The van der Waals surface area contributed by atoms with E-state index in [0.29, 0.717) is 52.1 Å². The normalized spacial score (nSPS) is 13.0. The number of tetrazole rings is 1. The Kier molecular flexibility index (Phi) is 9.27. The summed E-state index contributed by atoms with van der Waals surface area (Å²) in [5.74, 6) is -0.355. The molecule has 0 radical (unpaired) electrons. The Balaban J connectivity index is 1.25. The fraction of sp³-hybridized carbons (Fsp3) is 0.156. The monoisotopic (exact) mass is 671 g/mol. The number of carbonyl (C=O) groups excluding carboxylic acids is 3. The molecule has 1 atom stereocenters. The van der Waals surface area contributed by atoms with Gasteiger partial charge in [0.05, 0.1) is 25.3 Å². The molecule has 0 fully saturated rings. The third-order valence-corrected chi connectivity index (χ3v) is 8.00. The molecule has 3 aromatic carbocycles. The second-order valence-corrected chi connectivity index (χ2v) is 11.4. The van der Waals surface area contributed by atoms with Crippen molar-refractivity contribution in [2.75, 3.05) is 12.4 Å². The van der Waals surface area contributed by atoms with E-state index < -0.39 is 18.0 Å². The van der Waals surface area contributed by atoms with Gasteiger partial charge < -0.3 is 19.9 Å². The lowest BCUT2D eigenvalue weighted by Crippen LogP contribution is -2.34. The minimum absolute atomic E-state index is 0.0775. The van der Waals surface area contributed by atoms with Gasteiger partial charge in [-0.3, -0.25) is 14.9 Å². The second-order valence-electron chi connectivity index (χ2n) is 10.6. The molecule has 3 heterocycles.